The molecule has 1 saturated heterocycles. The van der Waals surface area contributed by atoms with Crippen LogP contribution in [0.25, 0.3) is 0 Å². The molecule has 2 amide bonds. The van der Waals surface area contributed by atoms with E-state index in [4.69, 9.17) is 32.5 Å². The zero-order chi connectivity index (χ0) is 13.3. The molecule has 2 atom stereocenters. The van der Waals surface area contributed by atoms with Crippen LogP contribution in [0.1, 0.15) is 11.9 Å². The number of carbonyl (C=O) groups is 2. The van der Waals surface area contributed by atoms with Crippen LogP contribution in [-0.2, 0) is 19.1 Å². The van der Waals surface area contributed by atoms with E-state index >= 15 is 0 Å². The molecule has 0 bridgehead atoms. The Morgan fingerprint density at radius 2 is 1.44 bits per heavy atom. The second kappa shape index (κ2) is 4.93. The minimum absolute atomic E-state index is 0.551. The van der Waals surface area contributed by atoms with E-state index in [1.54, 1.807) is 24.3 Å². The highest BCUT2D eigenvalue weighted by Crippen LogP contribution is 2.31. The van der Waals surface area contributed by atoms with Gasteiger partial charge < -0.3 is 20.9 Å². The van der Waals surface area contributed by atoms with Crippen LogP contribution in [0.15, 0.2) is 24.3 Å². The summed E-state index contributed by atoms with van der Waals surface area (Å²) in [5, 5.41) is 0.551. The Bertz CT molecular complexity index is 454. The highest BCUT2D eigenvalue weighted by molar-refractivity contribution is 6.30. The van der Waals surface area contributed by atoms with Gasteiger partial charge in [0.25, 0.3) is 0 Å². The van der Waals surface area contributed by atoms with E-state index in [9.17, 15) is 9.59 Å². The van der Waals surface area contributed by atoms with E-state index in [2.05, 4.69) is 0 Å². The van der Waals surface area contributed by atoms with Gasteiger partial charge in [0.05, 0.1) is 0 Å². The van der Waals surface area contributed by atoms with Crippen LogP contribution in [0, 0.1) is 0 Å². The van der Waals surface area contributed by atoms with Gasteiger partial charge in [0.1, 0.15) is 0 Å². The summed E-state index contributed by atoms with van der Waals surface area (Å²) in [6.45, 7) is 0. The van der Waals surface area contributed by atoms with Gasteiger partial charge >= 0.3 is 0 Å². The van der Waals surface area contributed by atoms with Crippen LogP contribution >= 0.6 is 11.6 Å². The van der Waals surface area contributed by atoms with Gasteiger partial charge in [-0.2, -0.15) is 0 Å². The van der Waals surface area contributed by atoms with E-state index in [-0.39, 0.29) is 0 Å². The van der Waals surface area contributed by atoms with Gasteiger partial charge in [-0.3, -0.25) is 9.59 Å². The predicted octanol–water partition coefficient (Wildman–Crippen LogP) is 0.0932. The highest BCUT2D eigenvalue weighted by Gasteiger charge is 2.43. The van der Waals surface area contributed by atoms with Crippen LogP contribution in [0.4, 0.5) is 0 Å². The number of primary amides is 2. The van der Waals surface area contributed by atoms with Crippen LogP contribution in [-0.4, -0.2) is 24.0 Å². The second-order valence-electron chi connectivity index (χ2n) is 3.80. The number of carbonyl (C=O) groups excluding carboxylic acids is 2. The lowest BCUT2D eigenvalue weighted by Gasteiger charge is -2.09. The van der Waals surface area contributed by atoms with E-state index in [0.717, 1.165) is 0 Å². The molecule has 2 rings (SSSR count). The molecule has 6 nitrogen and oxygen atoms in total. The van der Waals surface area contributed by atoms with Crippen molar-refractivity contribution in [2.75, 3.05) is 0 Å². The second-order valence-corrected chi connectivity index (χ2v) is 4.24. The molecule has 0 aliphatic carbocycles. The monoisotopic (exact) mass is 270 g/mol. The molecule has 0 spiro atoms. The smallest absolute Gasteiger partial charge is 0.249 e. The van der Waals surface area contributed by atoms with E-state index in [1.165, 1.54) is 0 Å². The first-order valence-electron chi connectivity index (χ1n) is 5.14. The molecule has 0 saturated carbocycles. The lowest BCUT2D eigenvalue weighted by molar-refractivity contribution is -0.133. The fraction of sp³-hybridized carbons (Fsp3) is 0.273. The summed E-state index contributed by atoms with van der Waals surface area (Å²) in [6.07, 6.45) is -3.22. The fourth-order valence-corrected chi connectivity index (χ4v) is 1.78. The third-order valence-corrected chi connectivity index (χ3v) is 2.77. The van der Waals surface area contributed by atoms with E-state index < -0.39 is 30.3 Å². The average Bonchev–Trinajstić information content (AvgIpc) is 2.75. The third-order valence-electron chi connectivity index (χ3n) is 2.52. The number of benzene rings is 1. The molecule has 0 radical (unpaired) electrons. The molecule has 96 valence electrons. The minimum Gasteiger partial charge on any atom is -0.367 e. The summed E-state index contributed by atoms with van der Waals surface area (Å²) in [5.74, 6) is -1.59. The molecule has 7 heteroatoms. The van der Waals surface area contributed by atoms with E-state index in [1.807, 2.05) is 0 Å². The zero-order valence-corrected chi connectivity index (χ0v) is 9.96. The van der Waals surface area contributed by atoms with Crippen LogP contribution in [0.5, 0.6) is 0 Å². The maximum absolute atomic E-state index is 11.1. The Hall–Kier alpha value is -1.63. The van der Waals surface area contributed by atoms with Crippen molar-refractivity contribution in [1.29, 1.82) is 0 Å². The Morgan fingerprint density at radius 3 is 1.83 bits per heavy atom. The first-order chi connectivity index (χ1) is 8.49. The number of amides is 2. The standard InChI is InChI=1S/C11H11ClN2O4/c12-6-3-1-5(2-4-6)11-17-7(9(13)15)8(18-11)10(14)16/h1-4,7-8,11H,(H2,13,15)(H2,14,16)/t7-,8-/m0/s1. The summed E-state index contributed by atoms with van der Waals surface area (Å²) in [4.78, 5) is 22.3. The number of hydrogen-bond donors (Lipinski definition) is 2. The summed E-state index contributed by atoms with van der Waals surface area (Å²) < 4.78 is 10.6. The first-order valence-corrected chi connectivity index (χ1v) is 5.52. The van der Waals surface area contributed by atoms with Gasteiger partial charge in [-0.05, 0) is 12.1 Å². The molecular formula is C11H11ClN2O4. The van der Waals surface area contributed by atoms with Gasteiger partial charge in [-0.15, -0.1) is 0 Å². The Labute approximate surface area is 108 Å². The largest absolute Gasteiger partial charge is 0.367 e. The molecule has 18 heavy (non-hydrogen) atoms. The average molecular weight is 271 g/mol. The maximum Gasteiger partial charge on any atom is 0.249 e. The van der Waals surface area contributed by atoms with Crippen molar-refractivity contribution >= 4 is 23.4 Å². The zero-order valence-electron chi connectivity index (χ0n) is 9.21. The van der Waals surface area contributed by atoms with Gasteiger partial charge in [0, 0.05) is 10.6 Å². The number of ether oxygens (including phenoxy) is 2. The van der Waals surface area contributed by atoms with Crippen LogP contribution in [0.2, 0.25) is 5.02 Å². The molecule has 1 aliphatic heterocycles. The number of nitrogens with two attached hydrogens (primary N) is 2. The molecule has 1 aromatic carbocycles. The minimum atomic E-state index is -1.18. The van der Waals surface area contributed by atoms with Crippen molar-refractivity contribution in [2.45, 2.75) is 18.5 Å². The SMILES string of the molecule is NC(=O)[C@H]1OC(c2ccc(Cl)cc2)O[C@@H]1C(N)=O. The first kappa shape index (κ1) is 12.8. The summed E-state index contributed by atoms with van der Waals surface area (Å²) in [5.41, 5.74) is 10.9. The molecule has 4 N–H and O–H groups in total. The Kier molecular flexibility index (Phi) is 3.51. The van der Waals surface area contributed by atoms with Gasteiger partial charge in [-0.25, -0.2) is 0 Å². The van der Waals surface area contributed by atoms with Crippen molar-refractivity contribution in [3.63, 3.8) is 0 Å². The summed E-state index contributed by atoms with van der Waals surface area (Å²) in [6, 6.07) is 6.60. The number of halogens is 1. The van der Waals surface area contributed by atoms with Crippen molar-refractivity contribution in [1.82, 2.24) is 0 Å². The molecule has 0 unspecified atom stereocenters. The quantitative estimate of drug-likeness (QED) is 0.812. The topological polar surface area (TPSA) is 105 Å². The predicted molar refractivity (Wildman–Crippen MR) is 62.3 cm³/mol. The van der Waals surface area contributed by atoms with Crippen molar-refractivity contribution < 1.29 is 19.1 Å². The molecule has 1 aliphatic rings. The lowest BCUT2D eigenvalue weighted by atomic mass is 10.2. The molecular weight excluding hydrogens is 260 g/mol. The molecule has 1 aromatic rings. The van der Waals surface area contributed by atoms with Gasteiger partial charge in [0.15, 0.2) is 18.5 Å². The molecule has 0 aromatic heterocycles. The van der Waals surface area contributed by atoms with Crippen molar-refractivity contribution in [3.8, 4) is 0 Å². The number of hydrogen-bond acceptors (Lipinski definition) is 4. The summed E-state index contributed by atoms with van der Waals surface area (Å²) in [7, 11) is 0. The Balaban J connectivity index is 2.20. The lowest BCUT2D eigenvalue weighted by Crippen LogP contribution is -2.44. The van der Waals surface area contributed by atoms with Crippen LogP contribution in [0.3, 0.4) is 0 Å². The van der Waals surface area contributed by atoms with Gasteiger partial charge in [0.2, 0.25) is 11.8 Å². The molecule has 1 fully saturated rings. The third kappa shape index (κ3) is 2.45. The number of rotatable bonds is 3. The van der Waals surface area contributed by atoms with Crippen molar-refractivity contribution in [2.24, 2.45) is 11.5 Å². The Morgan fingerprint density at radius 1 is 1.00 bits per heavy atom. The van der Waals surface area contributed by atoms with Gasteiger partial charge in [-0.1, -0.05) is 23.7 Å². The van der Waals surface area contributed by atoms with E-state index in [0.29, 0.717) is 10.6 Å². The van der Waals surface area contributed by atoms with Crippen LogP contribution < -0.4 is 11.5 Å². The maximum atomic E-state index is 11.1. The molecule has 1 heterocycles. The highest BCUT2D eigenvalue weighted by atomic mass is 35.5. The normalized spacial score (nSPS) is 24.1. The summed E-state index contributed by atoms with van der Waals surface area (Å²) >= 11 is 5.75. The fourth-order valence-electron chi connectivity index (χ4n) is 1.65. The van der Waals surface area contributed by atoms with Crippen molar-refractivity contribution in [3.05, 3.63) is 34.9 Å².